The lowest BCUT2D eigenvalue weighted by Gasteiger charge is -2.41. The maximum Gasteiger partial charge on any atom is 0.0251 e. The van der Waals surface area contributed by atoms with Crippen LogP contribution in [0.5, 0.6) is 0 Å². The molecule has 1 saturated carbocycles. The molecule has 1 aliphatic heterocycles. The Morgan fingerprint density at radius 1 is 1.21 bits per heavy atom. The third kappa shape index (κ3) is 3.72. The van der Waals surface area contributed by atoms with Gasteiger partial charge in [-0.05, 0) is 57.0 Å². The zero-order valence-electron chi connectivity index (χ0n) is 13.5. The lowest BCUT2D eigenvalue weighted by atomic mass is 9.79. The molecule has 1 saturated heterocycles. The minimum absolute atomic E-state index is 0.735. The molecule has 0 aromatic rings. The van der Waals surface area contributed by atoms with Gasteiger partial charge in [0.05, 0.1) is 0 Å². The van der Waals surface area contributed by atoms with Crippen LogP contribution in [0, 0.1) is 17.8 Å². The Balaban J connectivity index is 1.94. The zero-order chi connectivity index (χ0) is 13.8. The normalized spacial score (nSPS) is 37.1. The summed E-state index contributed by atoms with van der Waals surface area (Å²) >= 11 is 0. The van der Waals surface area contributed by atoms with E-state index in [4.69, 9.17) is 0 Å². The van der Waals surface area contributed by atoms with Crippen molar-refractivity contribution in [3.8, 4) is 0 Å². The van der Waals surface area contributed by atoms with Gasteiger partial charge in [-0.2, -0.15) is 0 Å². The first-order chi connectivity index (χ1) is 9.15. The van der Waals surface area contributed by atoms with E-state index < -0.39 is 0 Å². The maximum absolute atomic E-state index is 3.60. The number of hydrogen-bond donors (Lipinski definition) is 1. The summed E-state index contributed by atoms with van der Waals surface area (Å²) in [6.45, 7) is 9.81. The summed E-state index contributed by atoms with van der Waals surface area (Å²) in [6.07, 6.45) is 8.48. The maximum atomic E-state index is 3.60. The summed E-state index contributed by atoms with van der Waals surface area (Å²) in [6, 6.07) is 1.54. The van der Waals surface area contributed by atoms with Crippen molar-refractivity contribution in [1.29, 1.82) is 0 Å². The van der Waals surface area contributed by atoms with Gasteiger partial charge in [-0.15, -0.1) is 0 Å². The van der Waals surface area contributed by atoms with E-state index in [1.54, 1.807) is 0 Å². The van der Waals surface area contributed by atoms with Crippen molar-refractivity contribution in [3.05, 3.63) is 0 Å². The monoisotopic (exact) mass is 266 g/mol. The number of rotatable bonds is 5. The average Bonchev–Trinajstić information content (AvgIpc) is 2.88. The van der Waals surface area contributed by atoms with E-state index >= 15 is 0 Å². The fourth-order valence-corrected chi connectivity index (χ4v) is 4.30. The molecule has 0 spiro atoms. The zero-order valence-corrected chi connectivity index (χ0v) is 13.5. The summed E-state index contributed by atoms with van der Waals surface area (Å²) < 4.78 is 0. The standard InChI is InChI=1S/C17H34N2/c1-5-6-14-7-8-16(18-4)17(11-14)19-10-9-15(12-19)13(2)3/h13-18H,5-12H2,1-4H3. The number of likely N-dealkylation sites (tertiary alicyclic amines) is 1. The topological polar surface area (TPSA) is 15.3 Å². The summed E-state index contributed by atoms with van der Waals surface area (Å²) in [4.78, 5) is 2.81. The van der Waals surface area contributed by atoms with Crippen LogP contribution in [0.2, 0.25) is 0 Å². The van der Waals surface area contributed by atoms with E-state index in [2.05, 4.69) is 38.0 Å². The van der Waals surface area contributed by atoms with Gasteiger partial charge in [-0.25, -0.2) is 0 Å². The van der Waals surface area contributed by atoms with E-state index in [1.165, 1.54) is 51.6 Å². The minimum atomic E-state index is 0.735. The molecule has 1 heterocycles. The third-order valence-electron chi connectivity index (χ3n) is 5.66. The lowest BCUT2D eigenvalue weighted by Crippen LogP contribution is -2.51. The van der Waals surface area contributed by atoms with Gasteiger partial charge in [0, 0.05) is 18.6 Å². The molecule has 0 radical (unpaired) electrons. The van der Waals surface area contributed by atoms with Crippen LogP contribution in [0.3, 0.4) is 0 Å². The van der Waals surface area contributed by atoms with Crippen LogP contribution in [0.1, 0.15) is 59.3 Å². The number of nitrogens with one attached hydrogen (secondary N) is 1. The second-order valence-electron chi connectivity index (χ2n) is 7.22. The third-order valence-corrected chi connectivity index (χ3v) is 5.66. The fraction of sp³-hybridized carbons (Fsp3) is 1.00. The molecule has 4 atom stereocenters. The smallest absolute Gasteiger partial charge is 0.0251 e. The van der Waals surface area contributed by atoms with Crippen molar-refractivity contribution in [2.75, 3.05) is 20.1 Å². The van der Waals surface area contributed by atoms with Crippen molar-refractivity contribution in [3.63, 3.8) is 0 Å². The molecule has 0 aromatic carbocycles. The van der Waals surface area contributed by atoms with Gasteiger partial charge in [0.25, 0.3) is 0 Å². The molecule has 4 unspecified atom stereocenters. The van der Waals surface area contributed by atoms with Crippen LogP contribution in [0.25, 0.3) is 0 Å². The van der Waals surface area contributed by atoms with Gasteiger partial charge in [-0.1, -0.05) is 33.6 Å². The predicted molar refractivity (Wildman–Crippen MR) is 83.4 cm³/mol. The molecule has 2 aliphatic rings. The molecule has 1 N–H and O–H groups in total. The second kappa shape index (κ2) is 7.08. The number of hydrogen-bond acceptors (Lipinski definition) is 2. The number of likely N-dealkylation sites (N-methyl/N-ethyl adjacent to an activating group) is 1. The number of nitrogens with zero attached hydrogens (tertiary/aromatic N) is 1. The van der Waals surface area contributed by atoms with Crippen molar-refractivity contribution in [2.45, 2.75) is 71.4 Å². The molecule has 1 aliphatic carbocycles. The predicted octanol–water partition coefficient (Wildman–Crippen LogP) is 3.52. The van der Waals surface area contributed by atoms with E-state index in [0.717, 1.165) is 29.8 Å². The summed E-state index contributed by atoms with van der Waals surface area (Å²) in [7, 11) is 2.16. The van der Waals surface area contributed by atoms with E-state index in [0.29, 0.717) is 0 Å². The Labute approximate surface area is 120 Å². The minimum Gasteiger partial charge on any atom is -0.315 e. The van der Waals surface area contributed by atoms with Crippen molar-refractivity contribution < 1.29 is 0 Å². The molecule has 112 valence electrons. The summed E-state index contributed by atoms with van der Waals surface area (Å²) in [5, 5.41) is 3.60. The van der Waals surface area contributed by atoms with Crippen molar-refractivity contribution in [2.24, 2.45) is 17.8 Å². The molecule has 0 amide bonds. The Kier molecular flexibility index (Phi) is 5.70. The molecular formula is C17H34N2. The SMILES string of the molecule is CCCC1CCC(NC)C(N2CCC(C(C)C)C2)C1. The molecule has 2 rings (SSSR count). The first-order valence-corrected chi connectivity index (χ1v) is 8.57. The van der Waals surface area contributed by atoms with Gasteiger partial charge in [0.15, 0.2) is 0 Å². The molecular weight excluding hydrogens is 232 g/mol. The molecule has 0 aromatic heterocycles. The Bertz CT molecular complexity index is 264. The van der Waals surface area contributed by atoms with E-state index in [1.807, 2.05) is 0 Å². The van der Waals surface area contributed by atoms with Crippen LogP contribution in [0.4, 0.5) is 0 Å². The Morgan fingerprint density at radius 2 is 2.00 bits per heavy atom. The van der Waals surface area contributed by atoms with Crippen molar-refractivity contribution in [1.82, 2.24) is 10.2 Å². The van der Waals surface area contributed by atoms with Crippen LogP contribution in [-0.4, -0.2) is 37.1 Å². The van der Waals surface area contributed by atoms with Crippen molar-refractivity contribution >= 4 is 0 Å². The van der Waals surface area contributed by atoms with E-state index in [-0.39, 0.29) is 0 Å². The highest BCUT2D eigenvalue weighted by Gasteiger charge is 2.37. The van der Waals surface area contributed by atoms with Gasteiger partial charge >= 0.3 is 0 Å². The van der Waals surface area contributed by atoms with Gasteiger partial charge < -0.3 is 5.32 Å². The van der Waals surface area contributed by atoms with Crippen LogP contribution in [-0.2, 0) is 0 Å². The highest BCUT2D eigenvalue weighted by Crippen LogP contribution is 2.34. The fourth-order valence-electron chi connectivity index (χ4n) is 4.30. The molecule has 2 nitrogen and oxygen atoms in total. The lowest BCUT2D eigenvalue weighted by molar-refractivity contribution is 0.112. The highest BCUT2D eigenvalue weighted by molar-refractivity contribution is 4.93. The van der Waals surface area contributed by atoms with Crippen LogP contribution in [0.15, 0.2) is 0 Å². The highest BCUT2D eigenvalue weighted by atomic mass is 15.2. The Hall–Kier alpha value is -0.0800. The molecule has 19 heavy (non-hydrogen) atoms. The first-order valence-electron chi connectivity index (χ1n) is 8.57. The van der Waals surface area contributed by atoms with Crippen LogP contribution < -0.4 is 5.32 Å². The Morgan fingerprint density at radius 3 is 2.58 bits per heavy atom. The van der Waals surface area contributed by atoms with Crippen LogP contribution >= 0.6 is 0 Å². The summed E-state index contributed by atoms with van der Waals surface area (Å²) in [5.74, 6) is 2.77. The summed E-state index contributed by atoms with van der Waals surface area (Å²) in [5.41, 5.74) is 0. The molecule has 2 fully saturated rings. The van der Waals surface area contributed by atoms with E-state index in [9.17, 15) is 0 Å². The van der Waals surface area contributed by atoms with Gasteiger partial charge in [0.1, 0.15) is 0 Å². The molecule has 0 bridgehead atoms. The van der Waals surface area contributed by atoms with Gasteiger partial charge in [0.2, 0.25) is 0 Å². The first kappa shape index (κ1) is 15.3. The largest absolute Gasteiger partial charge is 0.315 e. The molecule has 2 heteroatoms. The second-order valence-corrected chi connectivity index (χ2v) is 7.22. The quantitative estimate of drug-likeness (QED) is 0.819. The van der Waals surface area contributed by atoms with Gasteiger partial charge in [-0.3, -0.25) is 4.90 Å². The average molecular weight is 266 g/mol.